The lowest BCUT2D eigenvalue weighted by Gasteiger charge is -2.08. The van der Waals surface area contributed by atoms with E-state index in [2.05, 4.69) is 0 Å². The van der Waals surface area contributed by atoms with E-state index in [4.69, 9.17) is 10.5 Å². The zero-order valence-corrected chi connectivity index (χ0v) is 8.12. The minimum Gasteiger partial charge on any atom is -0.490 e. The van der Waals surface area contributed by atoms with E-state index in [1.807, 2.05) is 13.0 Å². The van der Waals surface area contributed by atoms with Gasteiger partial charge in [0.15, 0.2) is 0 Å². The molecule has 1 aromatic carbocycles. The number of hydrogen-bond donors (Lipinski definition) is 1. The molecule has 1 saturated carbocycles. The van der Waals surface area contributed by atoms with Gasteiger partial charge in [-0.05, 0) is 37.5 Å². The Morgan fingerprint density at radius 3 is 2.79 bits per heavy atom. The van der Waals surface area contributed by atoms with E-state index >= 15 is 0 Å². The van der Waals surface area contributed by atoms with Gasteiger partial charge in [0.25, 0.3) is 0 Å². The molecule has 0 saturated heterocycles. The van der Waals surface area contributed by atoms with Crippen LogP contribution < -0.4 is 10.5 Å². The molecule has 74 valence electrons. The number of nitrogens with two attached hydrogens (primary N) is 1. The van der Waals surface area contributed by atoms with Crippen molar-refractivity contribution < 1.29 is 9.53 Å². The van der Waals surface area contributed by atoms with Gasteiger partial charge < -0.3 is 10.5 Å². The Bertz CT molecular complexity index is 370. The topological polar surface area (TPSA) is 52.3 Å². The zero-order chi connectivity index (χ0) is 10.1. The Balaban J connectivity index is 2.26. The van der Waals surface area contributed by atoms with E-state index in [1.54, 1.807) is 12.1 Å². The van der Waals surface area contributed by atoms with E-state index in [0.29, 0.717) is 11.7 Å². The lowest BCUT2D eigenvalue weighted by atomic mass is 10.1. The highest BCUT2D eigenvalue weighted by Crippen LogP contribution is 2.29. The fraction of sp³-hybridized carbons (Fsp3) is 0.364. The molecule has 0 radical (unpaired) electrons. The molecule has 3 nitrogen and oxygen atoms in total. The molecule has 0 unspecified atom stereocenters. The summed E-state index contributed by atoms with van der Waals surface area (Å²) in [6, 6.07) is 5.30. The molecule has 1 aliphatic carbocycles. The maximum atomic E-state index is 10.9. The average Bonchev–Trinajstić information content (AvgIpc) is 2.92. The molecule has 0 aliphatic heterocycles. The Kier molecular flexibility index (Phi) is 2.15. The van der Waals surface area contributed by atoms with E-state index < -0.39 is 5.91 Å². The smallest absolute Gasteiger partial charge is 0.248 e. The van der Waals surface area contributed by atoms with Crippen LogP contribution in [0.25, 0.3) is 0 Å². The van der Waals surface area contributed by atoms with Crippen LogP contribution in [0.15, 0.2) is 18.2 Å². The number of amides is 1. The molecule has 1 amide bonds. The quantitative estimate of drug-likeness (QED) is 0.789. The van der Waals surface area contributed by atoms with Crippen molar-refractivity contribution in [1.29, 1.82) is 0 Å². The molecule has 0 atom stereocenters. The van der Waals surface area contributed by atoms with Crippen molar-refractivity contribution in [2.75, 3.05) is 0 Å². The Morgan fingerprint density at radius 2 is 2.21 bits per heavy atom. The Morgan fingerprint density at radius 1 is 1.50 bits per heavy atom. The molecule has 1 aromatic rings. The predicted octanol–water partition coefficient (Wildman–Crippen LogP) is 1.64. The van der Waals surface area contributed by atoms with Crippen molar-refractivity contribution in [1.82, 2.24) is 0 Å². The molecule has 2 N–H and O–H groups in total. The normalized spacial score (nSPS) is 15.2. The number of hydrogen-bond acceptors (Lipinski definition) is 2. The first-order valence-corrected chi connectivity index (χ1v) is 4.74. The van der Waals surface area contributed by atoms with Crippen molar-refractivity contribution in [3.63, 3.8) is 0 Å². The van der Waals surface area contributed by atoms with Crippen LogP contribution in [0.1, 0.15) is 28.8 Å². The van der Waals surface area contributed by atoms with Gasteiger partial charge in [-0.15, -0.1) is 0 Å². The summed E-state index contributed by atoms with van der Waals surface area (Å²) in [6.45, 7) is 1.96. The summed E-state index contributed by atoms with van der Waals surface area (Å²) < 4.78 is 5.64. The third-order valence-corrected chi connectivity index (χ3v) is 2.29. The maximum Gasteiger partial charge on any atom is 0.248 e. The van der Waals surface area contributed by atoms with Gasteiger partial charge in [0.1, 0.15) is 5.75 Å². The number of primary amides is 1. The minimum atomic E-state index is -0.411. The summed E-state index contributed by atoms with van der Waals surface area (Å²) in [5, 5.41) is 0. The first-order chi connectivity index (χ1) is 6.66. The summed E-state index contributed by atoms with van der Waals surface area (Å²) in [7, 11) is 0. The maximum absolute atomic E-state index is 10.9. The highest BCUT2D eigenvalue weighted by molar-refractivity contribution is 5.93. The second-order valence-electron chi connectivity index (χ2n) is 3.66. The van der Waals surface area contributed by atoms with Crippen molar-refractivity contribution in [3.8, 4) is 5.75 Å². The lowest BCUT2D eigenvalue weighted by Crippen LogP contribution is -2.11. The van der Waals surface area contributed by atoms with Crippen molar-refractivity contribution in [2.24, 2.45) is 5.73 Å². The molecule has 0 spiro atoms. The highest BCUT2D eigenvalue weighted by Gasteiger charge is 2.24. The standard InChI is InChI=1S/C11H13NO2/c1-7-2-3-8(11(12)13)6-10(7)14-9-4-5-9/h2-3,6,9H,4-5H2,1H3,(H2,12,13). The molecule has 0 aromatic heterocycles. The van der Waals surface area contributed by atoms with Gasteiger partial charge in [-0.3, -0.25) is 4.79 Å². The third kappa shape index (κ3) is 1.87. The van der Waals surface area contributed by atoms with Crippen LogP contribution in [-0.2, 0) is 0 Å². The SMILES string of the molecule is Cc1ccc(C(N)=O)cc1OC1CC1. The average molecular weight is 191 g/mol. The summed E-state index contributed by atoms with van der Waals surface area (Å²) in [4.78, 5) is 10.9. The number of ether oxygens (including phenoxy) is 1. The van der Waals surface area contributed by atoms with Gasteiger partial charge in [0, 0.05) is 5.56 Å². The van der Waals surface area contributed by atoms with Crippen LogP contribution >= 0.6 is 0 Å². The molecular formula is C11H13NO2. The summed E-state index contributed by atoms with van der Waals surface area (Å²) >= 11 is 0. The second kappa shape index (κ2) is 3.33. The molecular weight excluding hydrogens is 178 g/mol. The predicted molar refractivity (Wildman–Crippen MR) is 53.3 cm³/mol. The van der Waals surface area contributed by atoms with E-state index in [0.717, 1.165) is 24.2 Å². The summed E-state index contributed by atoms with van der Waals surface area (Å²) in [6.07, 6.45) is 2.57. The van der Waals surface area contributed by atoms with Gasteiger partial charge in [0.2, 0.25) is 5.91 Å². The van der Waals surface area contributed by atoms with Gasteiger partial charge in [-0.25, -0.2) is 0 Å². The number of aryl methyl sites for hydroxylation is 1. The second-order valence-corrected chi connectivity index (χ2v) is 3.66. The van der Waals surface area contributed by atoms with Gasteiger partial charge in [-0.1, -0.05) is 6.07 Å². The van der Waals surface area contributed by atoms with Crippen molar-refractivity contribution in [3.05, 3.63) is 29.3 Å². The van der Waals surface area contributed by atoms with Gasteiger partial charge in [-0.2, -0.15) is 0 Å². The molecule has 1 aliphatic rings. The fourth-order valence-corrected chi connectivity index (χ4v) is 1.25. The molecule has 0 heterocycles. The molecule has 2 rings (SSSR count). The number of rotatable bonds is 3. The zero-order valence-electron chi connectivity index (χ0n) is 8.12. The summed E-state index contributed by atoms with van der Waals surface area (Å²) in [5.74, 6) is 0.370. The molecule has 0 bridgehead atoms. The Hall–Kier alpha value is -1.51. The van der Waals surface area contributed by atoms with E-state index in [1.165, 1.54) is 0 Å². The third-order valence-electron chi connectivity index (χ3n) is 2.29. The monoisotopic (exact) mass is 191 g/mol. The van der Waals surface area contributed by atoms with Crippen LogP contribution in [0, 0.1) is 6.92 Å². The fourth-order valence-electron chi connectivity index (χ4n) is 1.25. The highest BCUT2D eigenvalue weighted by atomic mass is 16.5. The molecule has 14 heavy (non-hydrogen) atoms. The van der Waals surface area contributed by atoms with Crippen molar-refractivity contribution >= 4 is 5.91 Å². The number of carbonyl (C=O) groups is 1. The Labute approximate surface area is 82.9 Å². The van der Waals surface area contributed by atoms with E-state index in [9.17, 15) is 4.79 Å². The first kappa shape index (κ1) is 9.06. The van der Waals surface area contributed by atoms with Crippen molar-refractivity contribution in [2.45, 2.75) is 25.9 Å². The molecule has 1 fully saturated rings. The first-order valence-electron chi connectivity index (χ1n) is 4.74. The van der Waals surface area contributed by atoms with Crippen LogP contribution in [-0.4, -0.2) is 12.0 Å². The number of carbonyl (C=O) groups excluding carboxylic acids is 1. The van der Waals surface area contributed by atoms with Crippen LogP contribution in [0.2, 0.25) is 0 Å². The van der Waals surface area contributed by atoms with Gasteiger partial charge in [0.05, 0.1) is 6.10 Å². The number of benzene rings is 1. The van der Waals surface area contributed by atoms with Crippen LogP contribution in [0.4, 0.5) is 0 Å². The van der Waals surface area contributed by atoms with E-state index in [-0.39, 0.29) is 0 Å². The largest absolute Gasteiger partial charge is 0.490 e. The minimum absolute atomic E-state index is 0.344. The molecule has 3 heteroatoms. The van der Waals surface area contributed by atoms with Gasteiger partial charge >= 0.3 is 0 Å². The van der Waals surface area contributed by atoms with Crippen LogP contribution in [0.5, 0.6) is 5.75 Å². The van der Waals surface area contributed by atoms with Crippen LogP contribution in [0.3, 0.4) is 0 Å². The lowest BCUT2D eigenvalue weighted by molar-refractivity contribution is 0.0999. The summed E-state index contributed by atoms with van der Waals surface area (Å²) in [5.41, 5.74) is 6.73.